The van der Waals surface area contributed by atoms with Gasteiger partial charge in [0.25, 0.3) is 0 Å². The van der Waals surface area contributed by atoms with E-state index in [1.54, 1.807) is 24.3 Å². The number of nitrogens with zero attached hydrogens (tertiary/aromatic N) is 2. The average molecular weight is 408 g/mol. The number of hydrogen-bond donors (Lipinski definition) is 2. The molecule has 9 heteroatoms. The number of para-hydroxylation sites is 1. The van der Waals surface area contributed by atoms with Gasteiger partial charge in [-0.3, -0.25) is 15.1 Å². The summed E-state index contributed by atoms with van der Waals surface area (Å²) in [6.45, 7) is 0.304. The second-order valence-electron chi connectivity index (χ2n) is 6.35. The number of benzene rings is 2. The van der Waals surface area contributed by atoms with Crippen LogP contribution in [0.25, 0.3) is 10.9 Å². The van der Waals surface area contributed by atoms with Crippen LogP contribution in [-0.2, 0) is 16.4 Å². The molecule has 2 N–H and O–H groups in total. The van der Waals surface area contributed by atoms with E-state index in [1.807, 2.05) is 12.1 Å². The highest BCUT2D eigenvalue weighted by Gasteiger charge is 2.21. The number of fused-ring (bicyclic) bond motifs is 1. The zero-order chi connectivity index (χ0) is 20.4. The molecule has 0 atom stereocenters. The third-order valence-corrected chi connectivity index (χ3v) is 6.36. The van der Waals surface area contributed by atoms with E-state index in [-0.39, 0.29) is 15.5 Å². The van der Waals surface area contributed by atoms with Gasteiger partial charge in [-0.25, -0.2) is 8.42 Å². The fraction of sp³-hybridized carbons (Fsp3) is 0.0500. The number of aromatic amines is 1. The zero-order valence-corrected chi connectivity index (χ0v) is 15.9. The Kier molecular flexibility index (Phi) is 4.73. The van der Waals surface area contributed by atoms with Gasteiger partial charge in [0, 0.05) is 29.8 Å². The van der Waals surface area contributed by atoms with Crippen LogP contribution in [0.3, 0.4) is 0 Å². The lowest BCUT2D eigenvalue weighted by atomic mass is 10.2. The van der Waals surface area contributed by atoms with Gasteiger partial charge in [-0.15, -0.1) is 0 Å². The minimum Gasteiger partial charge on any atom is -0.375 e. The topological polar surface area (TPSA) is 118 Å². The molecule has 0 amide bonds. The molecule has 146 valence electrons. The summed E-state index contributed by atoms with van der Waals surface area (Å²) in [4.78, 5) is 17.7. The van der Waals surface area contributed by atoms with E-state index in [1.165, 1.54) is 36.8 Å². The molecule has 0 aliphatic rings. The number of sulfone groups is 1. The molecule has 0 spiro atoms. The van der Waals surface area contributed by atoms with Gasteiger partial charge < -0.3 is 10.3 Å². The number of aromatic nitrogens is 2. The molecule has 4 rings (SSSR count). The SMILES string of the molecule is O=[N+]([O-])c1cnccc1NCc1ccc(S(=O)(=O)c2c[nH]c3ccccc23)cc1. The summed E-state index contributed by atoms with van der Waals surface area (Å²) in [5.41, 5.74) is 1.77. The van der Waals surface area contributed by atoms with Crippen LogP contribution in [0.1, 0.15) is 5.56 Å². The number of hydrogen-bond acceptors (Lipinski definition) is 6. The first-order chi connectivity index (χ1) is 14.0. The Morgan fingerprint density at radius 2 is 1.83 bits per heavy atom. The molecule has 0 aliphatic heterocycles. The molecule has 8 nitrogen and oxygen atoms in total. The molecule has 0 radical (unpaired) electrons. The molecule has 2 heterocycles. The summed E-state index contributed by atoms with van der Waals surface area (Å²) < 4.78 is 26.0. The van der Waals surface area contributed by atoms with Crippen molar-refractivity contribution in [1.82, 2.24) is 9.97 Å². The molecule has 4 aromatic rings. The maximum Gasteiger partial charge on any atom is 0.310 e. The van der Waals surface area contributed by atoms with Crippen molar-refractivity contribution in [2.75, 3.05) is 5.32 Å². The van der Waals surface area contributed by atoms with E-state index >= 15 is 0 Å². The van der Waals surface area contributed by atoms with E-state index in [2.05, 4.69) is 15.3 Å². The Hall–Kier alpha value is -3.72. The van der Waals surface area contributed by atoms with Crippen molar-refractivity contribution < 1.29 is 13.3 Å². The lowest BCUT2D eigenvalue weighted by molar-refractivity contribution is -0.384. The Balaban J connectivity index is 1.56. The molecule has 0 unspecified atom stereocenters. The van der Waals surface area contributed by atoms with E-state index in [4.69, 9.17) is 0 Å². The first-order valence-corrected chi connectivity index (χ1v) is 10.2. The van der Waals surface area contributed by atoms with Crippen molar-refractivity contribution in [2.24, 2.45) is 0 Å². The summed E-state index contributed by atoms with van der Waals surface area (Å²) >= 11 is 0. The van der Waals surface area contributed by atoms with Crippen LogP contribution in [0.4, 0.5) is 11.4 Å². The number of anilines is 1. The molecule has 0 fully saturated rings. The summed E-state index contributed by atoms with van der Waals surface area (Å²) in [6.07, 6.45) is 4.14. The monoisotopic (exact) mass is 408 g/mol. The van der Waals surface area contributed by atoms with Crippen LogP contribution in [0.5, 0.6) is 0 Å². The van der Waals surface area contributed by atoms with Gasteiger partial charge in [0.15, 0.2) is 0 Å². The number of nitrogens with one attached hydrogen (secondary N) is 2. The van der Waals surface area contributed by atoms with E-state index in [0.29, 0.717) is 17.6 Å². The fourth-order valence-corrected chi connectivity index (χ4v) is 4.49. The van der Waals surface area contributed by atoms with Crippen LogP contribution in [-0.4, -0.2) is 23.3 Å². The first kappa shape index (κ1) is 18.6. The van der Waals surface area contributed by atoms with Gasteiger partial charge in [0.05, 0.1) is 14.7 Å². The number of rotatable bonds is 6. The molecule has 0 saturated heterocycles. The Labute approximate surface area is 166 Å². The largest absolute Gasteiger partial charge is 0.375 e. The van der Waals surface area contributed by atoms with Crippen LogP contribution in [0.2, 0.25) is 0 Å². The highest BCUT2D eigenvalue weighted by Crippen LogP contribution is 2.28. The summed E-state index contributed by atoms with van der Waals surface area (Å²) in [5.74, 6) is 0. The smallest absolute Gasteiger partial charge is 0.310 e. The Morgan fingerprint density at radius 1 is 1.07 bits per heavy atom. The highest BCUT2D eigenvalue weighted by atomic mass is 32.2. The predicted molar refractivity (Wildman–Crippen MR) is 108 cm³/mol. The number of nitro groups is 1. The maximum absolute atomic E-state index is 13.0. The molecular weight excluding hydrogens is 392 g/mol. The Morgan fingerprint density at radius 3 is 2.59 bits per heavy atom. The van der Waals surface area contributed by atoms with Gasteiger partial charge in [-0.2, -0.15) is 0 Å². The molecular formula is C20H16N4O4S. The minimum atomic E-state index is -3.67. The highest BCUT2D eigenvalue weighted by molar-refractivity contribution is 7.91. The molecule has 2 aromatic carbocycles. The van der Waals surface area contributed by atoms with Crippen molar-refractivity contribution in [3.05, 3.63) is 88.9 Å². The Bertz CT molecular complexity index is 1300. The second-order valence-corrected chi connectivity index (χ2v) is 8.27. The molecule has 0 saturated carbocycles. The quantitative estimate of drug-likeness (QED) is 0.369. The van der Waals surface area contributed by atoms with E-state index in [9.17, 15) is 18.5 Å². The van der Waals surface area contributed by atoms with Gasteiger partial charge in [-0.1, -0.05) is 30.3 Å². The van der Waals surface area contributed by atoms with Crippen LogP contribution >= 0.6 is 0 Å². The first-order valence-electron chi connectivity index (χ1n) is 8.69. The summed E-state index contributed by atoms with van der Waals surface area (Å²) in [7, 11) is -3.67. The zero-order valence-electron chi connectivity index (χ0n) is 15.1. The van der Waals surface area contributed by atoms with Gasteiger partial charge >= 0.3 is 5.69 Å². The normalized spacial score (nSPS) is 11.4. The second kappa shape index (κ2) is 7.36. The van der Waals surface area contributed by atoms with Crippen LogP contribution in [0.15, 0.2) is 83.0 Å². The van der Waals surface area contributed by atoms with Crippen molar-refractivity contribution in [1.29, 1.82) is 0 Å². The van der Waals surface area contributed by atoms with Crippen molar-refractivity contribution in [3.63, 3.8) is 0 Å². The average Bonchev–Trinajstić information content (AvgIpc) is 3.18. The van der Waals surface area contributed by atoms with Gasteiger partial charge in [0.1, 0.15) is 11.9 Å². The fourth-order valence-electron chi connectivity index (χ4n) is 3.06. The van der Waals surface area contributed by atoms with Crippen molar-refractivity contribution in [3.8, 4) is 0 Å². The third kappa shape index (κ3) is 3.55. The molecule has 0 aliphatic carbocycles. The van der Waals surface area contributed by atoms with E-state index < -0.39 is 14.8 Å². The lowest BCUT2D eigenvalue weighted by Gasteiger charge is -2.08. The molecule has 2 aromatic heterocycles. The molecule has 29 heavy (non-hydrogen) atoms. The lowest BCUT2D eigenvalue weighted by Crippen LogP contribution is -2.04. The number of H-pyrrole nitrogens is 1. The van der Waals surface area contributed by atoms with Crippen LogP contribution < -0.4 is 5.32 Å². The number of pyridine rings is 1. The standard InChI is InChI=1S/C20H16N4O4S/c25-24(26)19-12-21-10-9-18(19)22-11-14-5-7-15(8-6-14)29(27,28)20-13-23-17-4-2-1-3-16(17)20/h1-10,12-13,23H,11H2,(H,21,22). The van der Waals surface area contributed by atoms with E-state index in [0.717, 1.165) is 11.1 Å². The minimum absolute atomic E-state index is 0.119. The predicted octanol–water partition coefficient (Wildman–Crippen LogP) is 3.92. The molecule has 0 bridgehead atoms. The van der Waals surface area contributed by atoms with Crippen LogP contribution in [0, 0.1) is 10.1 Å². The van der Waals surface area contributed by atoms with Crippen molar-refractivity contribution in [2.45, 2.75) is 16.3 Å². The van der Waals surface area contributed by atoms with Crippen molar-refractivity contribution >= 4 is 32.1 Å². The third-order valence-electron chi connectivity index (χ3n) is 4.55. The summed E-state index contributed by atoms with van der Waals surface area (Å²) in [5, 5.41) is 14.7. The maximum atomic E-state index is 13.0. The summed E-state index contributed by atoms with van der Waals surface area (Å²) in [6, 6.07) is 15.2. The van der Waals surface area contributed by atoms with Gasteiger partial charge in [-0.05, 0) is 29.8 Å². The van der Waals surface area contributed by atoms with Gasteiger partial charge in [0.2, 0.25) is 9.84 Å².